The molecule has 20 heavy (non-hydrogen) atoms. The van der Waals surface area contributed by atoms with Crippen LogP contribution in [0.2, 0.25) is 5.02 Å². The van der Waals surface area contributed by atoms with E-state index in [2.05, 4.69) is 10.1 Å². The molecule has 0 radical (unpaired) electrons. The topological polar surface area (TPSA) is 67.8 Å². The van der Waals surface area contributed by atoms with E-state index in [1.54, 1.807) is 13.0 Å². The molecule has 0 spiro atoms. The van der Waals surface area contributed by atoms with Gasteiger partial charge in [-0.25, -0.2) is 0 Å². The zero-order valence-corrected chi connectivity index (χ0v) is 12.4. The summed E-state index contributed by atoms with van der Waals surface area (Å²) in [5.74, 6) is -0.366. The molecule has 0 saturated carbocycles. The number of hydrogen-bond acceptors (Lipinski definition) is 5. The van der Waals surface area contributed by atoms with Crippen LogP contribution in [0.1, 0.15) is 12.5 Å². The highest BCUT2D eigenvalue weighted by atomic mass is 35.5. The zero-order chi connectivity index (χ0) is 15.0. The molecule has 0 aliphatic rings. The van der Waals surface area contributed by atoms with Crippen molar-refractivity contribution in [1.29, 1.82) is 0 Å². The number of esters is 1. The SMILES string of the molecule is COC(=O)C(C)NCC(O)COCc1ccccc1Cl. The molecule has 1 rings (SSSR count). The molecule has 0 heterocycles. The van der Waals surface area contributed by atoms with Crippen molar-refractivity contribution in [3.05, 3.63) is 34.9 Å². The number of carbonyl (C=O) groups is 1. The number of carbonyl (C=O) groups excluding carboxylic acids is 1. The highest BCUT2D eigenvalue weighted by molar-refractivity contribution is 6.31. The third kappa shape index (κ3) is 5.88. The fourth-order valence-electron chi connectivity index (χ4n) is 1.55. The van der Waals surface area contributed by atoms with Crippen molar-refractivity contribution in [1.82, 2.24) is 5.32 Å². The molecule has 2 atom stereocenters. The number of methoxy groups -OCH3 is 1. The Balaban J connectivity index is 2.22. The highest BCUT2D eigenvalue weighted by Gasteiger charge is 2.14. The van der Waals surface area contributed by atoms with Crippen molar-refractivity contribution >= 4 is 17.6 Å². The van der Waals surface area contributed by atoms with Gasteiger partial charge in [0, 0.05) is 11.6 Å². The van der Waals surface area contributed by atoms with Gasteiger partial charge >= 0.3 is 5.97 Å². The van der Waals surface area contributed by atoms with Crippen LogP contribution in [0.25, 0.3) is 0 Å². The van der Waals surface area contributed by atoms with E-state index in [0.717, 1.165) is 5.56 Å². The summed E-state index contributed by atoms with van der Waals surface area (Å²) in [4.78, 5) is 11.1. The third-order valence-corrected chi connectivity index (χ3v) is 3.11. The monoisotopic (exact) mass is 301 g/mol. The predicted molar refractivity (Wildman–Crippen MR) is 76.6 cm³/mol. The smallest absolute Gasteiger partial charge is 0.322 e. The number of aliphatic hydroxyl groups is 1. The van der Waals surface area contributed by atoms with Crippen LogP contribution < -0.4 is 5.32 Å². The van der Waals surface area contributed by atoms with Gasteiger partial charge in [-0.15, -0.1) is 0 Å². The van der Waals surface area contributed by atoms with Gasteiger partial charge in [0.1, 0.15) is 6.04 Å². The number of hydrogen-bond donors (Lipinski definition) is 2. The van der Waals surface area contributed by atoms with Gasteiger partial charge in [-0.05, 0) is 18.6 Å². The normalized spacial score (nSPS) is 13.8. The van der Waals surface area contributed by atoms with E-state index in [4.69, 9.17) is 16.3 Å². The lowest BCUT2D eigenvalue weighted by Gasteiger charge is -2.15. The second-order valence-corrected chi connectivity index (χ2v) is 4.82. The van der Waals surface area contributed by atoms with Crippen LogP contribution in [0.5, 0.6) is 0 Å². The molecule has 0 saturated heterocycles. The van der Waals surface area contributed by atoms with E-state index in [0.29, 0.717) is 11.6 Å². The van der Waals surface area contributed by atoms with Crippen LogP contribution >= 0.6 is 11.6 Å². The molecule has 112 valence electrons. The zero-order valence-electron chi connectivity index (χ0n) is 11.6. The summed E-state index contributed by atoms with van der Waals surface area (Å²) >= 11 is 5.99. The van der Waals surface area contributed by atoms with Gasteiger partial charge in [0.25, 0.3) is 0 Å². The molecule has 1 aromatic carbocycles. The molecule has 0 aromatic heterocycles. The molecule has 0 aliphatic carbocycles. The van der Waals surface area contributed by atoms with E-state index in [1.165, 1.54) is 7.11 Å². The van der Waals surface area contributed by atoms with E-state index < -0.39 is 12.1 Å². The number of rotatable bonds is 8. The fourth-order valence-corrected chi connectivity index (χ4v) is 1.74. The van der Waals surface area contributed by atoms with Gasteiger partial charge in [0.15, 0.2) is 0 Å². The van der Waals surface area contributed by atoms with Crippen LogP contribution in [-0.4, -0.2) is 43.5 Å². The summed E-state index contributed by atoms with van der Waals surface area (Å²) in [6, 6.07) is 6.92. The van der Waals surface area contributed by atoms with Gasteiger partial charge in [-0.2, -0.15) is 0 Å². The third-order valence-electron chi connectivity index (χ3n) is 2.74. The van der Waals surface area contributed by atoms with E-state index in [9.17, 15) is 9.90 Å². The van der Waals surface area contributed by atoms with Gasteiger partial charge < -0.3 is 19.9 Å². The van der Waals surface area contributed by atoms with Crippen molar-refractivity contribution in [2.24, 2.45) is 0 Å². The second-order valence-electron chi connectivity index (χ2n) is 4.41. The van der Waals surface area contributed by atoms with Crippen LogP contribution in [-0.2, 0) is 20.9 Å². The van der Waals surface area contributed by atoms with Crippen molar-refractivity contribution in [3.8, 4) is 0 Å². The van der Waals surface area contributed by atoms with Crippen LogP contribution in [0.15, 0.2) is 24.3 Å². The molecule has 2 N–H and O–H groups in total. The van der Waals surface area contributed by atoms with Gasteiger partial charge in [-0.3, -0.25) is 4.79 Å². The number of nitrogens with one attached hydrogen (secondary N) is 1. The maximum atomic E-state index is 11.1. The highest BCUT2D eigenvalue weighted by Crippen LogP contribution is 2.15. The average molecular weight is 302 g/mol. The van der Waals surface area contributed by atoms with Crippen LogP contribution in [0.4, 0.5) is 0 Å². The lowest BCUT2D eigenvalue weighted by molar-refractivity contribution is -0.142. The lowest BCUT2D eigenvalue weighted by atomic mass is 10.2. The molecule has 1 aromatic rings. The summed E-state index contributed by atoms with van der Waals surface area (Å²) in [5, 5.41) is 13.2. The van der Waals surface area contributed by atoms with Gasteiger partial charge in [-0.1, -0.05) is 29.8 Å². The molecular formula is C14H20ClNO4. The van der Waals surface area contributed by atoms with E-state index in [-0.39, 0.29) is 19.1 Å². The van der Waals surface area contributed by atoms with E-state index in [1.807, 2.05) is 18.2 Å². The summed E-state index contributed by atoms with van der Waals surface area (Å²) in [7, 11) is 1.32. The molecule has 0 amide bonds. The molecule has 0 aliphatic heterocycles. The van der Waals surface area contributed by atoms with Crippen molar-refractivity contribution < 1.29 is 19.4 Å². The van der Waals surface area contributed by atoms with Crippen molar-refractivity contribution in [2.75, 3.05) is 20.3 Å². The Morgan fingerprint density at radius 1 is 1.45 bits per heavy atom. The predicted octanol–water partition coefficient (Wildman–Crippen LogP) is 1.37. The fraction of sp³-hybridized carbons (Fsp3) is 0.500. The first kappa shape index (κ1) is 16.9. The van der Waals surface area contributed by atoms with Crippen LogP contribution in [0.3, 0.4) is 0 Å². The Bertz CT molecular complexity index is 427. The van der Waals surface area contributed by atoms with E-state index >= 15 is 0 Å². The maximum Gasteiger partial charge on any atom is 0.322 e. The minimum atomic E-state index is -0.704. The van der Waals surface area contributed by atoms with Crippen molar-refractivity contribution in [2.45, 2.75) is 25.7 Å². The Morgan fingerprint density at radius 2 is 2.15 bits per heavy atom. The first-order valence-corrected chi connectivity index (χ1v) is 6.72. The molecule has 6 heteroatoms. The Labute approximate surface area is 123 Å². The van der Waals surface area contributed by atoms with Gasteiger partial charge in [0.05, 0.1) is 26.4 Å². The first-order valence-electron chi connectivity index (χ1n) is 6.35. The minimum Gasteiger partial charge on any atom is -0.468 e. The summed E-state index contributed by atoms with van der Waals surface area (Å²) in [5.41, 5.74) is 0.872. The molecule has 5 nitrogen and oxygen atoms in total. The van der Waals surface area contributed by atoms with Crippen LogP contribution in [0, 0.1) is 0 Å². The standard InChI is InChI=1S/C14H20ClNO4/c1-10(14(18)19-2)16-7-12(17)9-20-8-11-5-3-4-6-13(11)15/h3-6,10,12,16-17H,7-9H2,1-2H3. The summed E-state index contributed by atoms with van der Waals surface area (Å²) in [6.45, 7) is 2.41. The number of benzene rings is 1. The molecule has 0 bridgehead atoms. The Hall–Kier alpha value is -1.14. The van der Waals surface area contributed by atoms with Crippen molar-refractivity contribution in [3.63, 3.8) is 0 Å². The minimum absolute atomic E-state index is 0.159. The van der Waals surface area contributed by atoms with Gasteiger partial charge in [0.2, 0.25) is 0 Å². The number of halogens is 1. The molecule has 0 fully saturated rings. The molecule has 2 unspecified atom stereocenters. The molecular weight excluding hydrogens is 282 g/mol. The maximum absolute atomic E-state index is 11.1. The number of aliphatic hydroxyl groups excluding tert-OH is 1. The average Bonchev–Trinajstić information content (AvgIpc) is 2.45. The lowest BCUT2D eigenvalue weighted by Crippen LogP contribution is -2.40. The summed E-state index contributed by atoms with van der Waals surface area (Å²) < 4.78 is 9.96. The first-order chi connectivity index (χ1) is 9.54. The Morgan fingerprint density at radius 3 is 2.80 bits per heavy atom. The quantitative estimate of drug-likeness (QED) is 0.710. The largest absolute Gasteiger partial charge is 0.468 e. The number of ether oxygens (including phenoxy) is 2. The second kappa shape index (κ2) is 8.92. The summed E-state index contributed by atoms with van der Waals surface area (Å²) in [6.07, 6.45) is -0.704. The Kier molecular flexibility index (Phi) is 7.54.